The van der Waals surface area contributed by atoms with Crippen LogP contribution in [0, 0.1) is 17.3 Å². The predicted octanol–water partition coefficient (Wildman–Crippen LogP) is 2.51. The molecule has 3 aliphatic carbocycles. The van der Waals surface area contributed by atoms with Gasteiger partial charge in [-0.2, -0.15) is 0 Å². The number of Topliss-reactive ketones (excluding diaryl/α,β-unsaturated/α-hetero) is 1. The molecule has 3 aliphatic heterocycles. The van der Waals surface area contributed by atoms with Gasteiger partial charge in [-0.3, -0.25) is 4.79 Å². The van der Waals surface area contributed by atoms with E-state index >= 15 is 0 Å². The van der Waals surface area contributed by atoms with Gasteiger partial charge in [0.25, 0.3) is 0 Å². The van der Waals surface area contributed by atoms with Gasteiger partial charge in [-0.25, -0.2) is 0 Å². The lowest BCUT2D eigenvalue weighted by Gasteiger charge is -2.57. The molecule has 5 nitrogen and oxygen atoms in total. The van der Waals surface area contributed by atoms with Crippen LogP contribution in [0.15, 0.2) is 11.6 Å². The molecular formula is C21H28O5. The van der Waals surface area contributed by atoms with Gasteiger partial charge in [0.05, 0.1) is 30.8 Å². The first-order valence-corrected chi connectivity index (χ1v) is 10.4. The Kier molecular flexibility index (Phi) is 3.00. The highest BCUT2D eigenvalue weighted by Gasteiger charge is 2.74. The van der Waals surface area contributed by atoms with Crippen LogP contribution in [0.4, 0.5) is 0 Å². The average molecular weight is 360 g/mol. The standard InChI is InChI=1S/C21H28O5/c1-18-7-4-13-17(23)16-14(22)3-2-6-19(16)9-10-20(13,26-19)15(18)5-8-21(18)24-11-12-25-21/h4,14-16,22H,2-3,5-12H2,1H3/t14?,15-,16?,18+,19-,20+/m1/s1. The Morgan fingerprint density at radius 2 is 1.92 bits per heavy atom. The van der Waals surface area contributed by atoms with Crippen molar-refractivity contribution in [1.82, 2.24) is 0 Å². The fourth-order valence-electron chi connectivity index (χ4n) is 7.72. The smallest absolute Gasteiger partial charge is 0.174 e. The van der Waals surface area contributed by atoms with Crippen LogP contribution >= 0.6 is 0 Å². The molecule has 5 heteroatoms. The van der Waals surface area contributed by atoms with Gasteiger partial charge in [0, 0.05) is 23.3 Å². The molecule has 2 saturated carbocycles. The van der Waals surface area contributed by atoms with Crippen LogP contribution in [0.1, 0.15) is 58.3 Å². The Morgan fingerprint density at radius 3 is 2.73 bits per heavy atom. The van der Waals surface area contributed by atoms with Crippen LogP contribution in [0.3, 0.4) is 0 Å². The minimum absolute atomic E-state index is 0.154. The van der Waals surface area contributed by atoms with Crippen molar-refractivity contribution >= 4 is 5.78 Å². The number of allylic oxidation sites excluding steroid dienone is 1. The van der Waals surface area contributed by atoms with E-state index in [9.17, 15) is 9.90 Å². The summed E-state index contributed by atoms with van der Waals surface area (Å²) in [7, 11) is 0. The van der Waals surface area contributed by atoms with Crippen LogP contribution in [0.5, 0.6) is 0 Å². The molecule has 6 atom stereocenters. The van der Waals surface area contributed by atoms with Gasteiger partial charge >= 0.3 is 0 Å². The lowest BCUT2D eigenvalue weighted by atomic mass is 9.58. The zero-order chi connectivity index (χ0) is 17.8. The molecule has 6 aliphatic rings. The Hall–Kier alpha value is -0.750. The van der Waals surface area contributed by atoms with Gasteiger partial charge in [0.1, 0.15) is 5.60 Å². The first kappa shape index (κ1) is 16.2. The predicted molar refractivity (Wildman–Crippen MR) is 92.3 cm³/mol. The van der Waals surface area contributed by atoms with E-state index in [2.05, 4.69) is 13.0 Å². The lowest BCUT2D eigenvalue weighted by Crippen LogP contribution is -2.64. The van der Waals surface area contributed by atoms with Crippen LogP contribution < -0.4 is 0 Å². The molecule has 3 heterocycles. The normalized spacial score (nSPS) is 54.0. The Morgan fingerprint density at radius 1 is 1.12 bits per heavy atom. The van der Waals surface area contributed by atoms with E-state index in [0.717, 1.165) is 50.5 Å². The number of carbonyl (C=O) groups excluding carboxylic acids is 1. The van der Waals surface area contributed by atoms with Crippen LogP contribution in [0.25, 0.3) is 0 Å². The molecule has 1 N–H and O–H groups in total. The van der Waals surface area contributed by atoms with Gasteiger partial charge in [-0.1, -0.05) is 13.0 Å². The molecule has 5 fully saturated rings. The lowest BCUT2D eigenvalue weighted by molar-refractivity contribution is -0.253. The summed E-state index contributed by atoms with van der Waals surface area (Å²) in [4.78, 5) is 13.5. The van der Waals surface area contributed by atoms with Crippen LogP contribution in [-0.2, 0) is 19.0 Å². The second-order valence-electron chi connectivity index (χ2n) is 9.64. The highest BCUT2D eigenvalue weighted by atomic mass is 16.7. The van der Waals surface area contributed by atoms with Crippen molar-refractivity contribution in [3.8, 4) is 0 Å². The van der Waals surface area contributed by atoms with Gasteiger partial charge in [-0.05, 0) is 44.9 Å². The quantitative estimate of drug-likeness (QED) is 0.719. The third kappa shape index (κ3) is 1.58. The molecule has 2 unspecified atom stereocenters. The first-order valence-electron chi connectivity index (χ1n) is 10.4. The fraction of sp³-hybridized carbons (Fsp3) is 0.857. The molecule has 0 aromatic rings. The average Bonchev–Trinajstić information content (AvgIpc) is 3.28. The number of ether oxygens (including phenoxy) is 3. The summed E-state index contributed by atoms with van der Waals surface area (Å²) >= 11 is 0. The van der Waals surface area contributed by atoms with E-state index in [-0.39, 0.29) is 23.0 Å². The van der Waals surface area contributed by atoms with E-state index in [0.29, 0.717) is 19.6 Å². The maximum absolute atomic E-state index is 13.5. The fourth-order valence-corrected chi connectivity index (χ4v) is 7.72. The van der Waals surface area contributed by atoms with Gasteiger partial charge in [0.15, 0.2) is 11.6 Å². The monoisotopic (exact) mass is 360 g/mol. The summed E-state index contributed by atoms with van der Waals surface area (Å²) in [6.07, 6.45) is 8.55. The molecule has 2 bridgehead atoms. The number of hydrogen-bond donors (Lipinski definition) is 1. The highest BCUT2D eigenvalue weighted by molar-refractivity contribution is 6.02. The number of rotatable bonds is 0. The molecular weight excluding hydrogens is 332 g/mol. The molecule has 0 amide bonds. The summed E-state index contributed by atoms with van der Waals surface area (Å²) in [6, 6.07) is 0. The van der Waals surface area contributed by atoms with Crippen LogP contribution in [0.2, 0.25) is 0 Å². The number of carbonyl (C=O) groups is 1. The van der Waals surface area contributed by atoms with E-state index in [1.165, 1.54) is 0 Å². The largest absolute Gasteiger partial charge is 0.392 e. The number of hydrogen-bond acceptors (Lipinski definition) is 5. The number of ketones is 1. The molecule has 0 aromatic carbocycles. The summed E-state index contributed by atoms with van der Waals surface area (Å²) in [5.41, 5.74) is -0.235. The van der Waals surface area contributed by atoms with E-state index in [1.54, 1.807) is 0 Å². The molecule has 0 radical (unpaired) electrons. The van der Waals surface area contributed by atoms with Crippen molar-refractivity contribution in [2.24, 2.45) is 17.3 Å². The van der Waals surface area contributed by atoms with E-state index in [1.807, 2.05) is 0 Å². The molecule has 26 heavy (non-hydrogen) atoms. The van der Waals surface area contributed by atoms with Gasteiger partial charge in [-0.15, -0.1) is 0 Å². The zero-order valence-corrected chi connectivity index (χ0v) is 15.5. The van der Waals surface area contributed by atoms with Gasteiger partial charge < -0.3 is 19.3 Å². The summed E-state index contributed by atoms with van der Waals surface area (Å²) in [6.45, 7) is 3.59. The minimum atomic E-state index is -0.557. The van der Waals surface area contributed by atoms with E-state index < -0.39 is 23.1 Å². The Bertz CT molecular complexity index is 709. The highest BCUT2D eigenvalue weighted by Crippen LogP contribution is 2.70. The maximum atomic E-state index is 13.5. The number of fused-ring (bicyclic) bond motifs is 2. The second-order valence-corrected chi connectivity index (χ2v) is 9.64. The van der Waals surface area contributed by atoms with Crippen molar-refractivity contribution in [2.45, 2.75) is 81.4 Å². The van der Waals surface area contributed by atoms with Crippen molar-refractivity contribution in [3.05, 3.63) is 11.6 Å². The van der Waals surface area contributed by atoms with Crippen molar-refractivity contribution in [3.63, 3.8) is 0 Å². The maximum Gasteiger partial charge on any atom is 0.174 e. The SMILES string of the molecule is C[C@]12CC=C3C(=O)C4C(O)CCC[C@@]45CC[C@@]3(O5)[C@@H]1CCC21OCCO1. The minimum Gasteiger partial charge on any atom is -0.392 e. The van der Waals surface area contributed by atoms with E-state index in [4.69, 9.17) is 14.2 Å². The molecule has 0 aromatic heterocycles. The summed E-state index contributed by atoms with van der Waals surface area (Å²) in [5.74, 6) is -0.468. The Labute approximate surface area is 154 Å². The number of aliphatic hydroxyl groups is 1. The molecule has 6 rings (SSSR count). The zero-order valence-electron chi connectivity index (χ0n) is 15.5. The number of aliphatic hydroxyl groups excluding tert-OH is 1. The molecule has 3 saturated heterocycles. The summed E-state index contributed by atoms with van der Waals surface area (Å²) < 4.78 is 19.3. The van der Waals surface area contributed by atoms with Crippen molar-refractivity contribution in [1.29, 1.82) is 0 Å². The third-order valence-electron chi connectivity index (χ3n) is 8.81. The first-order chi connectivity index (χ1) is 12.5. The van der Waals surface area contributed by atoms with Crippen molar-refractivity contribution < 1.29 is 24.1 Å². The van der Waals surface area contributed by atoms with Crippen LogP contribution in [-0.4, -0.2) is 47.2 Å². The second kappa shape index (κ2) is 4.80. The third-order valence-corrected chi connectivity index (χ3v) is 8.81. The molecule has 3 spiro atoms. The Balaban J connectivity index is 1.49. The molecule has 142 valence electrons. The van der Waals surface area contributed by atoms with Gasteiger partial charge in [0.2, 0.25) is 0 Å². The summed E-state index contributed by atoms with van der Waals surface area (Å²) in [5, 5.41) is 10.6. The topological polar surface area (TPSA) is 65.0 Å². The van der Waals surface area contributed by atoms with Crippen molar-refractivity contribution in [2.75, 3.05) is 13.2 Å².